The monoisotopic (exact) mass is 274 g/mol. The van der Waals surface area contributed by atoms with Crippen LogP contribution in [0, 0.1) is 5.41 Å². The fraction of sp³-hybridized carbons (Fsp3) is 0.667. The predicted octanol–water partition coefficient (Wildman–Crippen LogP) is 4.37. The summed E-state index contributed by atoms with van der Waals surface area (Å²) in [6, 6.07) is 10.0. The summed E-state index contributed by atoms with van der Waals surface area (Å²) < 4.78 is 0. The number of nitrogens with one attached hydrogen (secondary N) is 1. The van der Waals surface area contributed by atoms with E-state index in [1.54, 1.807) is 0 Å². The molecule has 1 aliphatic rings. The molecule has 2 unspecified atom stereocenters. The highest BCUT2D eigenvalue weighted by atomic mass is 15.1. The average molecular weight is 274 g/mol. The molecule has 1 aromatic carbocycles. The Balaban J connectivity index is 1.95. The maximum absolute atomic E-state index is 3.83. The molecule has 1 saturated carbocycles. The highest BCUT2D eigenvalue weighted by molar-refractivity contribution is 5.46. The van der Waals surface area contributed by atoms with Gasteiger partial charge in [0.1, 0.15) is 0 Å². The van der Waals surface area contributed by atoms with Crippen molar-refractivity contribution in [3.05, 3.63) is 29.8 Å². The van der Waals surface area contributed by atoms with E-state index >= 15 is 0 Å². The third-order valence-corrected chi connectivity index (χ3v) is 4.60. The van der Waals surface area contributed by atoms with Crippen LogP contribution >= 0.6 is 0 Å². The Kier molecular flexibility index (Phi) is 4.74. The minimum absolute atomic E-state index is 0.435. The first-order chi connectivity index (χ1) is 9.37. The number of rotatable bonds is 4. The molecule has 0 bridgehead atoms. The zero-order chi connectivity index (χ0) is 14.8. The van der Waals surface area contributed by atoms with E-state index in [4.69, 9.17) is 0 Å². The largest absolute Gasteiger partial charge is 0.378 e. The van der Waals surface area contributed by atoms with Crippen molar-refractivity contribution >= 4 is 5.69 Å². The van der Waals surface area contributed by atoms with Gasteiger partial charge in [-0.15, -0.1) is 0 Å². The number of hydrogen-bond donors (Lipinski definition) is 1. The van der Waals surface area contributed by atoms with Crippen molar-refractivity contribution in [3.63, 3.8) is 0 Å². The Morgan fingerprint density at radius 3 is 2.40 bits per heavy atom. The minimum Gasteiger partial charge on any atom is -0.378 e. The van der Waals surface area contributed by atoms with Crippen LogP contribution in [-0.4, -0.2) is 20.1 Å². The second-order valence-electron chi connectivity index (χ2n) is 7.33. The van der Waals surface area contributed by atoms with Crippen molar-refractivity contribution in [1.29, 1.82) is 0 Å². The Morgan fingerprint density at radius 1 is 1.20 bits per heavy atom. The normalized spacial score (nSPS) is 23.4. The quantitative estimate of drug-likeness (QED) is 0.877. The van der Waals surface area contributed by atoms with Crippen LogP contribution < -0.4 is 10.2 Å². The average Bonchev–Trinajstić information content (AvgIpc) is 2.37. The van der Waals surface area contributed by atoms with Crippen molar-refractivity contribution in [1.82, 2.24) is 5.32 Å². The summed E-state index contributed by atoms with van der Waals surface area (Å²) in [6.07, 6.45) is 5.35. The molecule has 0 spiro atoms. The minimum atomic E-state index is 0.435. The molecule has 0 saturated heterocycles. The van der Waals surface area contributed by atoms with Crippen LogP contribution in [0.25, 0.3) is 0 Å². The molecule has 0 aliphatic heterocycles. The Hall–Kier alpha value is -1.02. The molecule has 2 atom stereocenters. The van der Waals surface area contributed by atoms with Crippen molar-refractivity contribution in [2.45, 2.75) is 58.5 Å². The zero-order valence-corrected chi connectivity index (χ0v) is 13.7. The van der Waals surface area contributed by atoms with Crippen LogP contribution in [0.1, 0.15) is 58.1 Å². The van der Waals surface area contributed by atoms with Gasteiger partial charge in [0.15, 0.2) is 0 Å². The zero-order valence-electron chi connectivity index (χ0n) is 13.7. The van der Waals surface area contributed by atoms with Gasteiger partial charge in [0.05, 0.1) is 0 Å². The number of nitrogens with zero attached hydrogens (tertiary/aromatic N) is 1. The maximum atomic E-state index is 3.83. The van der Waals surface area contributed by atoms with E-state index in [-0.39, 0.29) is 0 Å². The number of anilines is 1. The van der Waals surface area contributed by atoms with Crippen molar-refractivity contribution in [2.24, 2.45) is 5.41 Å². The molecule has 0 heterocycles. The molecule has 20 heavy (non-hydrogen) atoms. The van der Waals surface area contributed by atoms with Crippen LogP contribution in [0.4, 0.5) is 5.69 Å². The molecule has 0 amide bonds. The van der Waals surface area contributed by atoms with E-state index in [0.29, 0.717) is 17.5 Å². The van der Waals surface area contributed by atoms with E-state index in [1.807, 2.05) is 0 Å². The van der Waals surface area contributed by atoms with E-state index < -0.39 is 0 Å². The summed E-state index contributed by atoms with van der Waals surface area (Å²) in [5.41, 5.74) is 3.16. The lowest BCUT2D eigenvalue weighted by Crippen LogP contribution is -2.38. The lowest BCUT2D eigenvalue weighted by atomic mass is 9.75. The van der Waals surface area contributed by atoms with Gasteiger partial charge in [0, 0.05) is 31.9 Å². The first-order valence-corrected chi connectivity index (χ1v) is 7.91. The van der Waals surface area contributed by atoms with Gasteiger partial charge < -0.3 is 10.2 Å². The topological polar surface area (TPSA) is 15.3 Å². The van der Waals surface area contributed by atoms with Crippen LogP contribution in [0.3, 0.4) is 0 Å². The van der Waals surface area contributed by atoms with E-state index in [9.17, 15) is 0 Å². The summed E-state index contributed by atoms with van der Waals surface area (Å²) in [6.45, 7) is 7.08. The van der Waals surface area contributed by atoms with Gasteiger partial charge in [-0.2, -0.15) is 0 Å². The molecule has 1 fully saturated rings. The predicted molar refractivity (Wildman–Crippen MR) is 88.4 cm³/mol. The van der Waals surface area contributed by atoms with E-state index in [1.165, 1.54) is 36.9 Å². The first-order valence-electron chi connectivity index (χ1n) is 7.91. The highest BCUT2D eigenvalue weighted by Gasteiger charge is 2.28. The van der Waals surface area contributed by atoms with Gasteiger partial charge in [0.25, 0.3) is 0 Å². The smallest absolute Gasteiger partial charge is 0.0361 e. The van der Waals surface area contributed by atoms with E-state index in [0.717, 1.165) is 0 Å². The maximum Gasteiger partial charge on any atom is 0.0361 e. The Labute approximate surface area is 124 Å². The van der Waals surface area contributed by atoms with Gasteiger partial charge in [-0.3, -0.25) is 0 Å². The van der Waals surface area contributed by atoms with Crippen molar-refractivity contribution < 1.29 is 0 Å². The lowest BCUT2D eigenvalue weighted by Gasteiger charge is -2.37. The van der Waals surface area contributed by atoms with Crippen LogP contribution in [0.2, 0.25) is 0 Å². The molecular weight excluding hydrogens is 244 g/mol. The first kappa shape index (κ1) is 15.4. The summed E-state index contributed by atoms with van der Waals surface area (Å²) >= 11 is 0. The highest BCUT2D eigenvalue weighted by Crippen LogP contribution is 2.36. The molecule has 1 aliphatic carbocycles. The molecule has 0 radical (unpaired) electrons. The standard InChI is InChI=1S/C18H30N2/c1-14(15-8-10-17(11-9-15)20(4)5)19-16-7-6-12-18(2,3)13-16/h8-11,14,16,19H,6-7,12-13H2,1-5H3. The summed E-state index contributed by atoms with van der Waals surface area (Å²) in [7, 11) is 4.17. The molecule has 112 valence electrons. The van der Waals surface area contributed by atoms with E-state index in [2.05, 4.69) is 69.3 Å². The summed E-state index contributed by atoms with van der Waals surface area (Å²) in [4.78, 5) is 2.14. The molecule has 2 heteroatoms. The molecular formula is C18H30N2. The second kappa shape index (κ2) is 6.17. The Bertz CT molecular complexity index is 420. The van der Waals surface area contributed by atoms with Crippen molar-refractivity contribution in [3.8, 4) is 0 Å². The molecule has 1 N–H and O–H groups in total. The number of hydrogen-bond acceptors (Lipinski definition) is 2. The summed E-state index contributed by atoms with van der Waals surface area (Å²) in [5.74, 6) is 0. The fourth-order valence-electron chi connectivity index (χ4n) is 3.35. The van der Waals surface area contributed by atoms with Crippen LogP contribution in [0.15, 0.2) is 24.3 Å². The molecule has 0 aromatic heterocycles. The van der Waals surface area contributed by atoms with Gasteiger partial charge in [-0.25, -0.2) is 0 Å². The summed E-state index contributed by atoms with van der Waals surface area (Å²) in [5, 5.41) is 3.83. The second-order valence-corrected chi connectivity index (χ2v) is 7.33. The van der Waals surface area contributed by atoms with Gasteiger partial charge in [-0.05, 0) is 49.3 Å². The third kappa shape index (κ3) is 3.99. The molecule has 1 aromatic rings. The molecule has 2 rings (SSSR count). The van der Waals surface area contributed by atoms with Crippen LogP contribution in [0.5, 0.6) is 0 Å². The molecule has 2 nitrogen and oxygen atoms in total. The Morgan fingerprint density at radius 2 is 1.85 bits per heavy atom. The van der Waals surface area contributed by atoms with Gasteiger partial charge in [0.2, 0.25) is 0 Å². The SMILES string of the molecule is CC(NC1CCCC(C)(C)C1)c1ccc(N(C)C)cc1. The van der Waals surface area contributed by atoms with Gasteiger partial charge >= 0.3 is 0 Å². The van der Waals surface area contributed by atoms with Crippen molar-refractivity contribution in [2.75, 3.05) is 19.0 Å². The van der Waals surface area contributed by atoms with Gasteiger partial charge in [-0.1, -0.05) is 32.4 Å². The lowest BCUT2D eigenvalue weighted by molar-refractivity contribution is 0.191. The fourth-order valence-corrected chi connectivity index (χ4v) is 3.35. The third-order valence-electron chi connectivity index (χ3n) is 4.60. The number of benzene rings is 1. The van der Waals surface area contributed by atoms with Crippen LogP contribution in [-0.2, 0) is 0 Å².